The molecule has 1 unspecified atom stereocenters. The molecule has 2 N–H and O–H groups in total. The Bertz CT molecular complexity index is 630. The molecule has 2 amide bonds. The fourth-order valence-corrected chi connectivity index (χ4v) is 3.44. The lowest BCUT2D eigenvalue weighted by Crippen LogP contribution is -2.47. The molecular weight excluding hydrogens is 298 g/mol. The van der Waals surface area contributed by atoms with E-state index in [1.807, 2.05) is 23.6 Å². The van der Waals surface area contributed by atoms with Crippen LogP contribution in [0, 0.1) is 0 Å². The van der Waals surface area contributed by atoms with E-state index in [0.29, 0.717) is 13.1 Å². The maximum absolute atomic E-state index is 12.4. The molecule has 2 heterocycles. The van der Waals surface area contributed by atoms with Gasteiger partial charge in [-0.1, -0.05) is 24.3 Å². The van der Waals surface area contributed by atoms with Crippen molar-refractivity contribution in [3.05, 3.63) is 52.0 Å². The molecule has 0 bridgehead atoms. The lowest BCUT2D eigenvalue weighted by molar-refractivity contribution is 0.127. The molecule has 0 radical (unpaired) electrons. The van der Waals surface area contributed by atoms with E-state index in [0.717, 1.165) is 24.1 Å². The van der Waals surface area contributed by atoms with Gasteiger partial charge in [0, 0.05) is 24.9 Å². The van der Waals surface area contributed by atoms with Crippen LogP contribution >= 0.6 is 11.3 Å². The van der Waals surface area contributed by atoms with Gasteiger partial charge in [0.15, 0.2) is 0 Å². The summed E-state index contributed by atoms with van der Waals surface area (Å²) in [5.74, 6) is 0. The van der Waals surface area contributed by atoms with Crippen LogP contribution in [-0.2, 0) is 12.8 Å². The van der Waals surface area contributed by atoms with Crippen LogP contribution in [0.1, 0.15) is 22.9 Å². The Morgan fingerprint density at radius 2 is 2.32 bits per heavy atom. The number of nitrogens with zero attached hydrogens (tertiary/aromatic N) is 2. The summed E-state index contributed by atoms with van der Waals surface area (Å²) >= 11 is 1.56. The second-order valence-corrected chi connectivity index (χ2v) is 6.02. The second-order valence-electron chi connectivity index (χ2n) is 5.30. The molecule has 3 rings (SSSR count). The molecule has 1 aliphatic rings. The van der Waals surface area contributed by atoms with E-state index in [4.69, 9.17) is 0 Å². The van der Waals surface area contributed by atoms with Gasteiger partial charge in [-0.3, -0.25) is 0 Å². The number of fused-ring (bicyclic) bond motifs is 1. The lowest BCUT2D eigenvalue weighted by atomic mass is 9.93. The van der Waals surface area contributed by atoms with Crippen LogP contribution in [0.15, 0.2) is 35.2 Å². The van der Waals surface area contributed by atoms with Gasteiger partial charge in [0.05, 0.1) is 23.9 Å². The summed E-state index contributed by atoms with van der Waals surface area (Å²) in [6.45, 7) is 1.13. The minimum absolute atomic E-state index is 0.0590. The molecule has 0 aliphatic carbocycles. The van der Waals surface area contributed by atoms with Crippen molar-refractivity contribution in [1.29, 1.82) is 0 Å². The summed E-state index contributed by atoms with van der Waals surface area (Å²) < 4.78 is 0. The number of aliphatic hydroxyl groups excluding tert-OH is 1. The smallest absolute Gasteiger partial charge is 0.318 e. The van der Waals surface area contributed by atoms with Gasteiger partial charge < -0.3 is 15.3 Å². The predicted octanol–water partition coefficient (Wildman–Crippen LogP) is 1.99. The molecule has 22 heavy (non-hydrogen) atoms. The van der Waals surface area contributed by atoms with Gasteiger partial charge in [-0.05, 0) is 17.5 Å². The number of benzene rings is 1. The van der Waals surface area contributed by atoms with Crippen molar-refractivity contribution in [2.24, 2.45) is 0 Å². The summed E-state index contributed by atoms with van der Waals surface area (Å²) in [4.78, 5) is 18.3. The van der Waals surface area contributed by atoms with Crippen molar-refractivity contribution in [3.63, 3.8) is 0 Å². The lowest BCUT2D eigenvalue weighted by Gasteiger charge is -2.36. The highest BCUT2D eigenvalue weighted by Gasteiger charge is 2.29. The average molecular weight is 317 g/mol. The first kappa shape index (κ1) is 15.0. The van der Waals surface area contributed by atoms with Crippen molar-refractivity contribution < 1.29 is 9.90 Å². The first-order valence-corrected chi connectivity index (χ1v) is 8.34. The van der Waals surface area contributed by atoms with Gasteiger partial charge in [-0.2, -0.15) is 0 Å². The molecule has 6 heteroatoms. The number of rotatable bonds is 4. The highest BCUT2D eigenvalue weighted by atomic mass is 32.1. The third-order valence-electron chi connectivity index (χ3n) is 3.99. The number of urea groups is 1. The van der Waals surface area contributed by atoms with E-state index in [2.05, 4.69) is 16.4 Å². The Morgan fingerprint density at radius 1 is 1.45 bits per heavy atom. The number of aliphatic hydroxyl groups is 1. The molecule has 0 saturated carbocycles. The maximum Gasteiger partial charge on any atom is 0.318 e. The fourth-order valence-electron chi connectivity index (χ4n) is 2.85. The van der Waals surface area contributed by atoms with Crippen LogP contribution < -0.4 is 5.32 Å². The van der Waals surface area contributed by atoms with Crippen molar-refractivity contribution in [1.82, 2.24) is 15.2 Å². The molecule has 0 fully saturated rings. The second kappa shape index (κ2) is 6.89. The van der Waals surface area contributed by atoms with Crippen LogP contribution in [0.5, 0.6) is 0 Å². The first-order valence-electron chi connectivity index (χ1n) is 7.40. The number of nitrogens with one attached hydrogen (secondary N) is 1. The van der Waals surface area contributed by atoms with E-state index < -0.39 is 0 Å². The molecule has 1 aromatic carbocycles. The van der Waals surface area contributed by atoms with Crippen LogP contribution in [-0.4, -0.2) is 40.7 Å². The Hall–Kier alpha value is -1.92. The standard InChI is InChI=1S/C16H19N3O2S/c20-9-15-14-4-2-1-3-12(14)6-8-19(15)16(21)17-7-5-13-10-22-11-18-13/h1-4,10-11,15,20H,5-9H2,(H,17,21). The minimum atomic E-state index is -0.260. The highest BCUT2D eigenvalue weighted by molar-refractivity contribution is 7.07. The maximum atomic E-state index is 12.4. The molecule has 0 saturated heterocycles. The fraction of sp³-hybridized carbons (Fsp3) is 0.375. The topological polar surface area (TPSA) is 65.5 Å². The zero-order chi connectivity index (χ0) is 15.4. The molecule has 1 atom stereocenters. The molecule has 1 aliphatic heterocycles. The third-order valence-corrected chi connectivity index (χ3v) is 4.62. The monoisotopic (exact) mass is 317 g/mol. The van der Waals surface area contributed by atoms with Gasteiger partial charge in [0.2, 0.25) is 0 Å². The highest BCUT2D eigenvalue weighted by Crippen LogP contribution is 2.29. The molecule has 0 spiro atoms. The molecule has 5 nitrogen and oxygen atoms in total. The Morgan fingerprint density at radius 3 is 3.09 bits per heavy atom. The number of hydrogen-bond donors (Lipinski definition) is 2. The largest absolute Gasteiger partial charge is 0.394 e. The van der Waals surface area contributed by atoms with Crippen LogP contribution in [0.3, 0.4) is 0 Å². The van der Waals surface area contributed by atoms with Gasteiger partial charge in [0.25, 0.3) is 0 Å². The van der Waals surface area contributed by atoms with Gasteiger partial charge in [-0.25, -0.2) is 9.78 Å². The number of carbonyl (C=O) groups is 1. The normalized spacial score (nSPS) is 17.1. The number of aromatic nitrogens is 1. The van der Waals surface area contributed by atoms with Crippen LogP contribution in [0.4, 0.5) is 4.79 Å². The van der Waals surface area contributed by atoms with Crippen molar-refractivity contribution in [3.8, 4) is 0 Å². The molecule has 1 aromatic heterocycles. The summed E-state index contributed by atoms with van der Waals surface area (Å²) in [5.41, 5.74) is 5.05. The predicted molar refractivity (Wildman–Crippen MR) is 85.9 cm³/mol. The molecule has 116 valence electrons. The zero-order valence-electron chi connectivity index (χ0n) is 12.2. The van der Waals surface area contributed by atoms with E-state index in [9.17, 15) is 9.90 Å². The SMILES string of the molecule is O=C(NCCc1cscn1)N1CCc2ccccc2C1CO. The summed E-state index contributed by atoms with van der Waals surface area (Å²) in [6.07, 6.45) is 1.55. The summed E-state index contributed by atoms with van der Waals surface area (Å²) in [5, 5.41) is 14.6. The van der Waals surface area contributed by atoms with E-state index in [-0.39, 0.29) is 18.7 Å². The summed E-state index contributed by atoms with van der Waals surface area (Å²) in [6, 6.07) is 7.62. The van der Waals surface area contributed by atoms with Crippen LogP contribution in [0.25, 0.3) is 0 Å². The average Bonchev–Trinajstić information content (AvgIpc) is 3.07. The van der Waals surface area contributed by atoms with Gasteiger partial charge in [-0.15, -0.1) is 11.3 Å². The third kappa shape index (κ3) is 3.13. The van der Waals surface area contributed by atoms with Gasteiger partial charge >= 0.3 is 6.03 Å². The number of thiazole rings is 1. The van der Waals surface area contributed by atoms with Crippen molar-refractivity contribution in [2.75, 3.05) is 19.7 Å². The van der Waals surface area contributed by atoms with Crippen LogP contribution in [0.2, 0.25) is 0 Å². The van der Waals surface area contributed by atoms with Crippen molar-refractivity contribution >= 4 is 17.4 Å². The number of amides is 2. The van der Waals surface area contributed by atoms with Crippen molar-refractivity contribution in [2.45, 2.75) is 18.9 Å². The minimum Gasteiger partial charge on any atom is -0.394 e. The molecule has 2 aromatic rings. The van der Waals surface area contributed by atoms with E-state index in [1.54, 1.807) is 21.7 Å². The Balaban J connectivity index is 1.62. The quantitative estimate of drug-likeness (QED) is 0.906. The summed E-state index contributed by atoms with van der Waals surface area (Å²) in [7, 11) is 0. The zero-order valence-corrected chi connectivity index (χ0v) is 13.1. The number of hydrogen-bond acceptors (Lipinski definition) is 4. The Kier molecular flexibility index (Phi) is 4.70. The molecular formula is C16H19N3O2S. The Labute approximate surface area is 133 Å². The van der Waals surface area contributed by atoms with E-state index >= 15 is 0 Å². The number of carbonyl (C=O) groups excluding carboxylic acids is 1. The van der Waals surface area contributed by atoms with Gasteiger partial charge in [0.1, 0.15) is 0 Å². The first-order chi connectivity index (χ1) is 10.8. The van der Waals surface area contributed by atoms with E-state index in [1.165, 1.54) is 5.56 Å².